The van der Waals surface area contributed by atoms with Gasteiger partial charge in [-0.05, 0) is 24.1 Å². The Kier molecular flexibility index (Phi) is 4.26. The lowest BCUT2D eigenvalue weighted by atomic mass is 9.86. The highest BCUT2D eigenvalue weighted by molar-refractivity contribution is 5.26. The normalized spacial score (nSPS) is 25.6. The highest BCUT2D eigenvalue weighted by Gasteiger charge is 2.40. The van der Waals surface area contributed by atoms with Gasteiger partial charge >= 0.3 is 0 Å². The predicted octanol–water partition coefficient (Wildman–Crippen LogP) is 1.52. The van der Waals surface area contributed by atoms with Gasteiger partial charge in [-0.1, -0.05) is 12.1 Å². The monoisotopic (exact) mass is 295 g/mol. The molecule has 1 N–H and O–H groups in total. The Balaban J connectivity index is 1.66. The second kappa shape index (κ2) is 6.01. The van der Waals surface area contributed by atoms with E-state index in [0.29, 0.717) is 25.4 Å². The number of aryl methyl sites for hydroxylation is 1. The SMILES string of the molecule is Cc1cc(C2CN(CC3(CO)COC3)CCO2)ccc1F. The fourth-order valence-corrected chi connectivity index (χ4v) is 3.01. The number of aliphatic hydroxyl groups is 1. The molecule has 21 heavy (non-hydrogen) atoms. The fourth-order valence-electron chi connectivity index (χ4n) is 3.01. The van der Waals surface area contributed by atoms with E-state index in [-0.39, 0.29) is 23.9 Å². The third-order valence-electron chi connectivity index (χ3n) is 4.42. The van der Waals surface area contributed by atoms with E-state index in [0.717, 1.165) is 25.2 Å². The van der Waals surface area contributed by atoms with Crippen molar-refractivity contribution in [2.45, 2.75) is 13.0 Å². The summed E-state index contributed by atoms with van der Waals surface area (Å²) in [6.07, 6.45) is -0.0326. The summed E-state index contributed by atoms with van der Waals surface area (Å²) in [5.41, 5.74) is 1.55. The Bertz CT molecular complexity index is 499. The summed E-state index contributed by atoms with van der Waals surface area (Å²) in [4.78, 5) is 2.31. The molecule has 5 heteroatoms. The maximum absolute atomic E-state index is 13.4. The van der Waals surface area contributed by atoms with Crippen LogP contribution < -0.4 is 0 Å². The van der Waals surface area contributed by atoms with Crippen LogP contribution in [-0.2, 0) is 9.47 Å². The zero-order valence-corrected chi connectivity index (χ0v) is 12.3. The van der Waals surface area contributed by atoms with Gasteiger partial charge in [0.1, 0.15) is 5.82 Å². The number of ether oxygens (including phenoxy) is 2. The largest absolute Gasteiger partial charge is 0.396 e. The van der Waals surface area contributed by atoms with Gasteiger partial charge in [0.2, 0.25) is 0 Å². The Hall–Kier alpha value is -1.01. The van der Waals surface area contributed by atoms with Crippen molar-refractivity contribution < 1.29 is 19.0 Å². The summed E-state index contributed by atoms with van der Waals surface area (Å²) in [5.74, 6) is -0.183. The van der Waals surface area contributed by atoms with Crippen molar-refractivity contribution in [1.29, 1.82) is 0 Å². The minimum absolute atomic E-state index is 0.0326. The van der Waals surface area contributed by atoms with Crippen molar-refractivity contribution >= 4 is 0 Å². The van der Waals surface area contributed by atoms with Gasteiger partial charge < -0.3 is 14.6 Å². The molecule has 2 aliphatic rings. The molecule has 1 atom stereocenters. The summed E-state index contributed by atoms with van der Waals surface area (Å²) < 4.78 is 24.5. The van der Waals surface area contributed by atoms with Crippen LogP contribution in [0.25, 0.3) is 0 Å². The van der Waals surface area contributed by atoms with E-state index in [4.69, 9.17) is 9.47 Å². The standard InChI is InChI=1S/C16H22FNO3/c1-12-6-13(2-3-14(12)17)15-7-18(4-5-21-15)8-16(9-19)10-20-11-16/h2-3,6,15,19H,4-5,7-11H2,1H3. The van der Waals surface area contributed by atoms with Crippen molar-refractivity contribution in [3.05, 3.63) is 35.1 Å². The molecule has 0 aromatic heterocycles. The molecule has 0 aliphatic carbocycles. The van der Waals surface area contributed by atoms with Crippen molar-refractivity contribution in [3.8, 4) is 0 Å². The molecule has 116 valence electrons. The smallest absolute Gasteiger partial charge is 0.126 e. The molecule has 0 saturated carbocycles. The average molecular weight is 295 g/mol. The number of rotatable bonds is 4. The van der Waals surface area contributed by atoms with Crippen LogP contribution in [0.1, 0.15) is 17.2 Å². The van der Waals surface area contributed by atoms with Crippen LogP contribution in [0.4, 0.5) is 4.39 Å². The maximum Gasteiger partial charge on any atom is 0.126 e. The summed E-state index contributed by atoms with van der Waals surface area (Å²) in [6.45, 7) is 6.29. The lowest BCUT2D eigenvalue weighted by molar-refractivity contribution is -0.158. The van der Waals surface area contributed by atoms with E-state index in [1.807, 2.05) is 6.07 Å². The lowest BCUT2D eigenvalue weighted by Gasteiger charge is -2.45. The summed E-state index contributed by atoms with van der Waals surface area (Å²) >= 11 is 0. The summed E-state index contributed by atoms with van der Waals surface area (Å²) in [6, 6.07) is 5.16. The first-order valence-electron chi connectivity index (χ1n) is 7.40. The molecular weight excluding hydrogens is 273 g/mol. The number of hydrogen-bond donors (Lipinski definition) is 1. The quantitative estimate of drug-likeness (QED) is 0.914. The summed E-state index contributed by atoms with van der Waals surface area (Å²) in [5, 5.41) is 9.54. The molecule has 0 radical (unpaired) electrons. The number of nitrogens with zero attached hydrogens (tertiary/aromatic N) is 1. The van der Waals surface area contributed by atoms with Crippen LogP contribution in [0, 0.1) is 18.2 Å². The predicted molar refractivity (Wildman–Crippen MR) is 76.6 cm³/mol. The lowest BCUT2D eigenvalue weighted by Crippen LogP contribution is -2.55. The third kappa shape index (κ3) is 3.11. The third-order valence-corrected chi connectivity index (χ3v) is 4.42. The Morgan fingerprint density at radius 3 is 2.86 bits per heavy atom. The van der Waals surface area contributed by atoms with Gasteiger partial charge in [0, 0.05) is 19.6 Å². The highest BCUT2D eigenvalue weighted by Crippen LogP contribution is 2.31. The van der Waals surface area contributed by atoms with Gasteiger partial charge in [0.25, 0.3) is 0 Å². The van der Waals surface area contributed by atoms with Crippen LogP contribution >= 0.6 is 0 Å². The first-order chi connectivity index (χ1) is 10.1. The first-order valence-corrected chi connectivity index (χ1v) is 7.40. The molecule has 1 aromatic rings. The highest BCUT2D eigenvalue weighted by atomic mass is 19.1. The number of benzene rings is 1. The van der Waals surface area contributed by atoms with Gasteiger partial charge in [-0.2, -0.15) is 0 Å². The topological polar surface area (TPSA) is 41.9 Å². The second-order valence-corrected chi connectivity index (χ2v) is 6.25. The zero-order chi connectivity index (χ0) is 14.9. The molecule has 3 rings (SSSR count). The van der Waals surface area contributed by atoms with Crippen molar-refractivity contribution in [1.82, 2.24) is 4.90 Å². The molecule has 2 fully saturated rings. The van der Waals surface area contributed by atoms with Crippen molar-refractivity contribution in [2.75, 3.05) is 46.1 Å². The van der Waals surface area contributed by atoms with Crippen LogP contribution in [0.15, 0.2) is 18.2 Å². The molecule has 0 spiro atoms. The van der Waals surface area contributed by atoms with Crippen molar-refractivity contribution in [2.24, 2.45) is 5.41 Å². The molecule has 0 bridgehead atoms. The Morgan fingerprint density at radius 2 is 2.24 bits per heavy atom. The number of hydrogen-bond acceptors (Lipinski definition) is 4. The molecule has 2 aliphatic heterocycles. The zero-order valence-electron chi connectivity index (χ0n) is 12.3. The van der Waals surface area contributed by atoms with E-state index >= 15 is 0 Å². The van der Waals surface area contributed by atoms with Gasteiger partial charge in [0.05, 0.1) is 37.9 Å². The van der Waals surface area contributed by atoms with Gasteiger partial charge in [-0.3, -0.25) is 4.90 Å². The van der Waals surface area contributed by atoms with Crippen LogP contribution in [0.3, 0.4) is 0 Å². The van der Waals surface area contributed by atoms with Gasteiger partial charge in [-0.15, -0.1) is 0 Å². The maximum atomic E-state index is 13.4. The van der Waals surface area contributed by atoms with Crippen LogP contribution in [0.2, 0.25) is 0 Å². The molecule has 4 nitrogen and oxygen atoms in total. The van der Waals surface area contributed by atoms with Crippen LogP contribution in [0.5, 0.6) is 0 Å². The number of halogens is 1. The van der Waals surface area contributed by atoms with E-state index in [2.05, 4.69) is 4.90 Å². The Labute approximate surface area is 124 Å². The second-order valence-electron chi connectivity index (χ2n) is 6.25. The minimum atomic E-state index is -0.183. The molecule has 1 aromatic carbocycles. The molecule has 2 saturated heterocycles. The number of morpholine rings is 1. The van der Waals surface area contributed by atoms with E-state index < -0.39 is 0 Å². The number of aliphatic hydroxyl groups excluding tert-OH is 1. The molecular formula is C16H22FNO3. The Morgan fingerprint density at radius 1 is 1.43 bits per heavy atom. The van der Waals surface area contributed by atoms with Crippen molar-refractivity contribution in [3.63, 3.8) is 0 Å². The molecule has 0 amide bonds. The average Bonchev–Trinajstić information content (AvgIpc) is 2.46. The molecule has 2 heterocycles. The van der Waals surface area contributed by atoms with Crippen LogP contribution in [-0.4, -0.2) is 56.1 Å². The van der Waals surface area contributed by atoms with Gasteiger partial charge in [0.15, 0.2) is 0 Å². The van der Waals surface area contributed by atoms with E-state index in [9.17, 15) is 9.50 Å². The van der Waals surface area contributed by atoms with E-state index in [1.165, 1.54) is 6.07 Å². The molecule has 1 unspecified atom stereocenters. The van der Waals surface area contributed by atoms with E-state index in [1.54, 1.807) is 13.0 Å². The fraction of sp³-hybridized carbons (Fsp3) is 0.625. The summed E-state index contributed by atoms with van der Waals surface area (Å²) in [7, 11) is 0. The minimum Gasteiger partial charge on any atom is -0.396 e. The first kappa shape index (κ1) is 14.9. The van der Waals surface area contributed by atoms with Gasteiger partial charge in [-0.25, -0.2) is 4.39 Å².